The van der Waals surface area contributed by atoms with Gasteiger partial charge in [0.15, 0.2) is 0 Å². The first-order valence-electron chi connectivity index (χ1n) is 5.58. The van der Waals surface area contributed by atoms with Crippen LogP contribution < -0.4 is 5.32 Å². The molecule has 1 unspecified atom stereocenters. The van der Waals surface area contributed by atoms with E-state index < -0.39 is 4.92 Å². The van der Waals surface area contributed by atoms with Gasteiger partial charge >= 0.3 is 0 Å². The molecule has 2 heterocycles. The lowest BCUT2D eigenvalue weighted by Gasteiger charge is -2.25. The van der Waals surface area contributed by atoms with Crippen LogP contribution in [0.3, 0.4) is 0 Å². The van der Waals surface area contributed by atoms with E-state index in [9.17, 15) is 10.1 Å². The smallest absolute Gasteiger partial charge is 0.291 e. The van der Waals surface area contributed by atoms with Gasteiger partial charge in [-0.25, -0.2) is 4.98 Å². The zero-order valence-electron chi connectivity index (χ0n) is 10.2. The van der Waals surface area contributed by atoms with Crippen LogP contribution in [-0.4, -0.2) is 28.7 Å². The molecule has 1 fully saturated rings. The van der Waals surface area contributed by atoms with Gasteiger partial charge in [0, 0.05) is 12.2 Å². The third-order valence-corrected chi connectivity index (χ3v) is 4.04. The van der Waals surface area contributed by atoms with Crippen molar-refractivity contribution in [3.05, 3.63) is 26.3 Å². The highest BCUT2D eigenvalue weighted by atomic mass is 79.9. The number of rotatable bonds is 3. The fourth-order valence-electron chi connectivity index (χ4n) is 1.89. The lowest BCUT2D eigenvalue weighted by Crippen LogP contribution is -2.35. The fourth-order valence-corrected chi connectivity index (χ4v) is 2.30. The van der Waals surface area contributed by atoms with Crippen molar-refractivity contribution in [2.75, 3.05) is 18.5 Å². The molecule has 7 heteroatoms. The lowest BCUT2D eigenvalue weighted by molar-refractivity contribution is -0.385. The second-order valence-corrected chi connectivity index (χ2v) is 5.47. The van der Waals surface area contributed by atoms with Crippen LogP contribution in [0.15, 0.2) is 10.7 Å². The zero-order chi connectivity index (χ0) is 13.3. The highest BCUT2D eigenvalue weighted by Crippen LogP contribution is 2.33. The molecule has 1 N–H and O–H groups in total. The Hall–Kier alpha value is -1.21. The summed E-state index contributed by atoms with van der Waals surface area (Å²) in [4.78, 5) is 14.5. The molecule has 0 radical (unpaired) electrons. The summed E-state index contributed by atoms with van der Waals surface area (Å²) in [6, 6.07) is 0. The van der Waals surface area contributed by atoms with Crippen LogP contribution in [0.4, 0.5) is 11.5 Å². The summed E-state index contributed by atoms with van der Waals surface area (Å²) >= 11 is 3.36. The quantitative estimate of drug-likeness (QED) is 0.685. The number of pyridine rings is 1. The number of hydrogen-bond donors (Lipinski definition) is 1. The van der Waals surface area contributed by atoms with Gasteiger partial charge in [-0.3, -0.25) is 10.1 Å². The summed E-state index contributed by atoms with van der Waals surface area (Å²) in [6.07, 6.45) is 2.17. The molecule has 1 aromatic rings. The van der Waals surface area contributed by atoms with Crippen molar-refractivity contribution >= 4 is 27.4 Å². The summed E-state index contributed by atoms with van der Waals surface area (Å²) < 4.78 is 5.98. The maximum absolute atomic E-state index is 10.8. The van der Waals surface area contributed by atoms with Crippen molar-refractivity contribution in [1.29, 1.82) is 0 Å². The Morgan fingerprint density at radius 2 is 2.39 bits per heavy atom. The summed E-state index contributed by atoms with van der Waals surface area (Å²) in [5.74, 6) is 0.617. The van der Waals surface area contributed by atoms with Crippen molar-refractivity contribution < 1.29 is 9.66 Å². The lowest BCUT2D eigenvalue weighted by atomic mass is 10.0. The summed E-state index contributed by atoms with van der Waals surface area (Å²) in [7, 11) is 0. The molecule has 0 amide bonds. The minimum atomic E-state index is -0.433. The molecule has 0 bridgehead atoms. The van der Waals surface area contributed by atoms with Crippen molar-refractivity contribution in [2.24, 2.45) is 0 Å². The Kier molecular flexibility index (Phi) is 3.54. The minimum Gasteiger partial charge on any atom is -0.379 e. The van der Waals surface area contributed by atoms with E-state index >= 15 is 0 Å². The van der Waals surface area contributed by atoms with E-state index in [0.29, 0.717) is 29.1 Å². The van der Waals surface area contributed by atoms with E-state index in [4.69, 9.17) is 4.74 Å². The minimum absolute atomic E-state index is 0.0141. The highest BCUT2D eigenvalue weighted by Gasteiger charge is 2.31. The maximum atomic E-state index is 10.8. The highest BCUT2D eigenvalue weighted by molar-refractivity contribution is 9.10. The molecule has 6 nitrogen and oxygen atoms in total. The Bertz CT molecular complexity index is 487. The largest absolute Gasteiger partial charge is 0.379 e. The van der Waals surface area contributed by atoms with E-state index in [1.165, 1.54) is 6.20 Å². The van der Waals surface area contributed by atoms with Gasteiger partial charge in [-0.05, 0) is 36.2 Å². The van der Waals surface area contributed by atoms with E-state index in [2.05, 4.69) is 26.2 Å². The predicted molar refractivity (Wildman–Crippen MR) is 70.8 cm³/mol. The average Bonchev–Trinajstić information content (AvgIpc) is 2.72. The number of anilines is 1. The van der Waals surface area contributed by atoms with E-state index in [1.54, 1.807) is 6.92 Å². The number of ether oxygens (including phenoxy) is 1. The monoisotopic (exact) mass is 315 g/mol. The van der Waals surface area contributed by atoms with E-state index in [0.717, 1.165) is 6.42 Å². The number of hydrogen-bond acceptors (Lipinski definition) is 5. The molecule has 1 aliphatic rings. The van der Waals surface area contributed by atoms with E-state index in [1.807, 2.05) is 6.92 Å². The molecule has 98 valence electrons. The van der Waals surface area contributed by atoms with Crippen LogP contribution in [0.5, 0.6) is 0 Å². The molecular weight excluding hydrogens is 302 g/mol. The van der Waals surface area contributed by atoms with Crippen LogP contribution in [-0.2, 0) is 4.74 Å². The van der Waals surface area contributed by atoms with Crippen LogP contribution in [0, 0.1) is 17.0 Å². The van der Waals surface area contributed by atoms with Gasteiger partial charge < -0.3 is 10.1 Å². The second-order valence-electron chi connectivity index (χ2n) is 4.68. The predicted octanol–water partition coefficient (Wildman–Crippen LogP) is 2.65. The number of nitrogens with zero attached hydrogens (tertiary/aromatic N) is 2. The van der Waals surface area contributed by atoms with Crippen molar-refractivity contribution in [1.82, 2.24) is 4.98 Å². The van der Waals surface area contributed by atoms with Crippen LogP contribution >= 0.6 is 15.9 Å². The van der Waals surface area contributed by atoms with Gasteiger partial charge in [0.05, 0.1) is 21.5 Å². The first-order chi connectivity index (χ1) is 8.43. The Balaban J connectivity index is 2.30. The number of nitrogens with one attached hydrogen (secondary N) is 1. The first kappa shape index (κ1) is 13.2. The van der Waals surface area contributed by atoms with Gasteiger partial charge in [-0.15, -0.1) is 0 Å². The first-order valence-corrected chi connectivity index (χ1v) is 6.38. The van der Waals surface area contributed by atoms with E-state index in [-0.39, 0.29) is 11.2 Å². The van der Waals surface area contributed by atoms with Crippen LogP contribution in [0.2, 0.25) is 0 Å². The normalized spacial score (nSPS) is 23.1. The fraction of sp³-hybridized carbons (Fsp3) is 0.545. The van der Waals surface area contributed by atoms with Gasteiger partial charge in [0.2, 0.25) is 0 Å². The molecule has 1 atom stereocenters. The maximum Gasteiger partial charge on any atom is 0.291 e. The molecule has 0 aliphatic carbocycles. The molecule has 0 spiro atoms. The molecule has 1 aliphatic heterocycles. The third kappa shape index (κ3) is 2.46. The Morgan fingerprint density at radius 3 is 2.94 bits per heavy atom. The second kappa shape index (κ2) is 4.81. The Morgan fingerprint density at radius 1 is 1.67 bits per heavy atom. The number of halogens is 1. The van der Waals surface area contributed by atoms with Crippen molar-refractivity contribution in [3.8, 4) is 0 Å². The Labute approximate surface area is 113 Å². The third-order valence-electron chi connectivity index (χ3n) is 3.07. The molecule has 0 saturated carbocycles. The van der Waals surface area contributed by atoms with Gasteiger partial charge in [0.25, 0.3) is 5.69 Å². The number of aromatic nitrogens is 1. The van der Waals surface area contributed by atoms with Crippen molar-refractivity contribution in [3.63, 3.8) is 0 Å². The van der Waals surface area contributed by atoms with Crippen LogP contribution in [0.1, 0.15) is 18.9 Å². The van der Waals surface area contributed by atoms with Gasteiger partial charge in [-0.2, -0.15) is 0 Å². The average molecular weight is 316 g/mol. The molecule has 1 saturated heterocycles. The number of nitro groups is 1. The van der Waals surface area contributed by atoms with Gasteiger partial charge in [0.1, 0.15) is 12.0 Å². The molecular formula is C11H14BrN3O3. The zero-order valence-corrected chi connectivity index (χ0v) is 11.8. The molecule has 18 heavy (non-hydrogen) atoms. The topological polar surface area (TPSA) is 77.3 Å². The standard InChI is InChI=1S/C11H14BrN3O3/c1-7-8(15(16)17)5-13-10(9(7)12)14-11(2)3-4-18-6-11/h5H,3-4,6H2,1-2H3,(H,13,14). The molecule has 1 aromatic heterocycles. The molecule has 0 aromatic carbocycles. The SMILES string of the molecule is Cc1c([N+](=O)[O-])cnc(NC2(C)CCOC2)c1Br. The summed E-state index contributed by atoms with van der Waals surface area (Å²) in [6.45, 7) is 5.07. The van der Waals surface area contributed by atoms with Gasteiger partial charge in [-0.1, -0.05) is 0 Å². The molecule has 2 rings (SSSR count). The summed E-state index contributed by atoms with van der Waals surface area (Å²) in [5, 5.41) is 14.1. The van der Waals surface area contributed by atoms with Crippen molar-refractivity contribution in [2.45, 2.75) is 25.8 Å². The van der Waals surface area contributed by atoms with Crippen LogP contribution in [0.25, 0.3) is 0 Å². The summed E-state index contributed by atoms with van der Waals surface area (Å²) in [5.41, 5.74) is 0.415.